The lowest BCUT2D eigenvalue weighted by Crippen LogP contribution is -1.92. The molecule has 2 nitrogen and oxygen atoms in total. The zero-order valence-corrected chi connectivity index (χ0v) is 10.7. The molecule has 0 aromatic heterocycles. The Labute approximate surface area is 97.3 Å². The van der Waals surface area contributed by atoms with Crippen LogP contribution >= 0.6 is 19.0 Å². The van der Waals surface area contributed by atoms with Crippen molar-refractivity contribution in [3.63, 3.8) is 0 Å². The second-order valence-corrected chi connectivity index (χ2v) is 4.95. The summed E-state index contributed by atoms with van der Waals surface area (Å²) in [6, 6.07) is 7.78. The predicted octanol–water partition coefficient (Wildman–Crippen LogP) is 4.66. The van der Waals surface area contributed by atoms with E-state index in [2.05, 4.69) is 6.92 Å². The number of aryl methyl sites for hydroxylation is 1. The fourth-order valence-electron chi connectivity index (χ4n) is 1.04. The summed E-state index contributed by atoms with van der Waals surface area (Å²) in [5.74, 6) is 0.801. The van der Waals surface area contributed by atoms with Crippen LogP contribution in [0, 0.1) is 6.92 Å². The molecule has 0 fully saturated rings. The Bertz CT molecular complexity index is 294. The summed E-state index contributed by atoms with van der Waals surface area (Å²) in [7, 11) is -1.31. The minimum absolute atomic E-state index is 0.664. The molecule has 0 spiro atoms. The van der Waals surface area contributed by atoms with E-state index in [0.717, 1.165) is 24.2 Å². The van der Waals surface area contributed by atoms with Crippen molar-refractivity contribution in [2.45, 2.75) is 26.7 Å². The molecule has 0 aliphatic heterocycles. The van der Waals surface area contributed by atoms with Crippen LogP contribution in [0.1, 0.15) is 25.3 Å². The monoisotopic (exact) mass is 246 g/mol. The minimum Gasteiger partial charge on any atom is -0.436 e. The van der Waals surface area contributed by atoms with Crippen LogP contribution in [0.5, 0.6) is 5.75 Å². The minimum atomic E-state index is -1.31. The van der Waals surface area contributed by atoms with Gasteiger partial charge in [-0.3, -0.25) is 0 Å². The van der Waals surface area contributed by atoms with Crippen molar-refractivity contribution in [3.8, 4) is 5.75 Å². The third-order valence-electron chi connectivity index (χ3n) is 1.95. The van der Waals surface area contributed by atoms with Crippen LogP contribution in [0.4, 0.5) is 0 Å². The lowest BCUT2D eigenvalue weighted by Gasteiger charge is -2.12. The average molecular weight is 247 g/mol. The van der Waals surface area contributed by atoms with Gasteiger partial charge >= 0.3 is 7.73 Å². The molecular formula is C11H16ClO2P. The SMILES string of the molecule is CCCCOP(Cl)Oc1ccccc1C. The van der Waals surface area contributed by atoms with Gasteiger partial charge < -0.3 is 9.05 Å². The second-order valence-electron chi connectivity index (χ2n) is 3.26. The van der Waals surface area contributed by atoms with Crippen LogP contribution in [0.25, 0.3) is 0 Å². The van der Waals surface area contributed by atoms with Crippen LogP contribution in [0.3, 0.4) is 0 Å². The summed E-state index contributed by atoms with van der Waals surface area (Å²) < 4.78 is 10.8. The molecule has 1 aromatic rings. The molecule has 0 bridgehead atoms. The van der Waals surface area contributed by atoms with E-state index in [-0.39, 0.29) is 0 Å². The maximum atomic E-state index is 5.94. The fourth-order valence-corrected chi connectivity index (χ4v) is 2.16. The van der Waals surface area contributed by atoms with E-state index in [0.29, 0.717) is 6.61 Å². The molecule has 1 unspecified atom stereocenters. The first-order valence-corrected chi connectivity index (χ1v) is 7.14. The zero-order valence-electron chi connectivity index (χ0n) is 9.07. The normalized spacial score (nSPS) is 12.5. The first kappa shape index (κ1) is 12.8. The molecule has 0 amide bonds. The van der Waals surface area contributed by atoms with Crippen LogP contribution in [-0.4, -0.2) is 6.61 Å². The molecular weight excluding hydrogens is 231 g/mol. The number of rotatable bonds is 6. The number of halogens is 1. The van der Waals surface area contributed by atoms with Gasteiger partial charge in [-0.1, -0.05) is 31.5 Å². The van der Waals surface area contributed by atoms with Crippen LogP contribution in [-0.2, 0) is 4.52 Å². The van der Waals surface area contributed by atoms with Gasteiger partial charge in [-0.2, -0.15) is 0 Å². The smallest absolute Gasteiger partial charge is 0.338 e. The molecule has 1 aromatic carbocycles. The third kappa shape index (κ3) is 4.83. The van der Waals surface area contributed by atoms with Crippen LogP contribution in [0.15, 0.2) is 24.3 Å². The molecule has 0 saturated heterocycles. The molecule has 0 heterocycles. The highest BCUT2D eigenvalue weighted by atomic mass is 35.7. The molecule has 1 rings (SSSR count). The van der Waals surface area contributed by atoms with Crippen molar-refractivity contribution in [2.75, 3.05) is 6.61 Å². The van der Waals surface area contributed by atoms with Gasteiger partial charge in [-0.25, -0.2) is 0 Å². The van der Waals surface area contributed by atoms with Crippen molar-refractivity contribution < 1.29 is 9.05 Å². The molecule has 0 aliphatic rings. The van der Waals surface area contributed by atoms with Gasteiger partial charge in [0.25, 0.3) is 0 Å². The van der Waals surface area contributed by atoms with Crippen molar-refractivity contribution in [2.24, 2.45) is 0 Å². The van der Waals surface area contributed by atoms with Gasteiger partial charge in [-0.05, 0) is 36.2 Å². The highest BCUT2D eigenvalue weighted by molar-refractivity contribution is 7.76. The van der Waals surface area contributed by atoms with Gasteiger partial charge in [0.1, 0.15) is 5.75 Å². The largest absolute Gasteiger partial charge is 0.436 e. The van der Waals surface area contributed by atoms with Crippen molar-refractivity contribution >= 4 is 19.0 Å². The standard InChI is InChI=1S/C11H16ClO2P/c1-3-4-9-13-15(12)14-11-8-6-5-7-10(11)2/h5-8H,3-4,9H2,1-2H3. The van der Waals surface area contributed by atoms with Gasteiger partial charge in [-0.15, -0.1) is 0 Å². The molecule has 15 heavy (non-hydrogen) atoms. The molecule has 0 saturated carbocycles. The third-order valence-corrected chi connectivity index (χ3v) is 3.18. The predicted molar refractivity (Wildman–Crippen MR) is 65.4 cm³/mol. The summed E-state index contributed by atoms with van der Waals surface area (Å²) in [6.45, 7) is 4.76. The van der Waals surface area contributed by atoms with Gasteiger partial charge in [0, 0.05) is 0 Å². The fraction of sp³-hybridized carbons (Fsp3) is 0.455. The maximum absolute atomic E-state index is 5.94. The molecule has 0 N–H and O–H groups in total. The van der Waals surface area contributed by atoms with Gasteiger partial charge in [0.2, 0.25) is 0 Å². The highest BCUT2D eigenvalue weighted by Crippen LogP contribution is 2.45. The maximum Gasteiger partial charge on any atom is 0.338 e. The Balaban J connectivity index is 2.37. The lowest BCUT2D eigenvalue weighted by atomic mass is 10.2. The highest BCUT2D eigenvalue weighted by Gasteiger charge is 2.09. The average Bonchev–Trinajstić information content (AvgIpc) is 2.22. The van der Waals surface area contributed by atoms with E-state index in [9.17, 15) is 0 Å². The van der Waals surface area contributed by atoms with Gasteiger partial charge in [0.05, 0.1) is 6.61 Å². The summed E-state index contributed by atoms with van der Waals surface area (Å²) in [5.41, 5.74) is 1.07. The Kier molecular flexibility index (Phi) is 6.00. The van der Waals surface area contributed by atoms with Gasteiger partial charge in [0.15, 0.2) is 0 Å². The quantitative estimate of drug-likeness (QED) is 0.537. The first-order chi connectivity index (χ1) is 7.24. The van der Waals surface area contributed by atoms with Crippen LogP contribution < -0.4 is 4.52 Å². The molecule has 4 heteroatoms. The Morgan fingerprint density at radius 3 is 2.73 bits per heavy atom. The van der Waals surface area contributed by atoms with Crippen molar-refractivity contribution in [1.82, 2.24) is 0 Å². The Hall–Kier alpha value is -0.300. The first-order valence-electron chi connectivity index (χ1n) is 5.06. The van der Waals surface area contributed by atoms with E-state index in [1.165, 1.54) is 0 Å². The molecule has 1 atom stereocenters. The van der Waals surface area contributed by atoms with E-state index in [1.807, 2.05) is 31.2 Å². The lowest BCUT2D eigenvalue weighted by molar-refractivity contribution is 0.316. The van der Waals surface area contributed by atoms with E-state index in [4.69, 9.17) is 20.3 Å². The second kappa shape index (κ2) is 7.05. The summed E-state index contributed by atoms with van der Waals surface area (Å²) in [6.07, 6.45) is 2.12. The zero-order chi connectivity index (χ0) is 11.1. The summed E-state index contributed by atoms with van der Waals surface area (Å²) in [4.78, 5) is 0. The summed E-state index contributed by atoms with van der Waals surface area (Å²) in [5, 5.41) is 0. The molecule has 0 radical (unpaired) electrons. The number of para-hydroxylation sites is 1. The number of hydrogen-bond donors (Lipinski definition) is 0. The Morgan fingerprint density at radius 1 is 1.33 bits per heavy atom. The van der Waals surface area contributed by atoms with Crippen molar-refractivity contribution in [3.05, 3.63) is 29.8 Å². The topological polar surface area (TPSA) is 18.5 Å². The van der Waals surface area contributed by atoms with E-state index < -0.39 is 7.73 Å². The van der Waals surface area contributed by atoms with Crippen LogP contribution in [0.2, 0.25) is 0 Å². The number of benzene rings is 1. The number of unbranched alkanes of at least 4 members (excludes halogenated alkanes) is 1. The Morgan fingerprint density at radius 2 is 2.07 bits per heavy atom. The van der Waals surface area contributed by atoms with Crippen molar-refractivity contribution in [1.29, 1.82) is 0 Å². The summed E-state index contributed by atoms with van der Waals surface area (Å²) >= 11 is 5.94. The van der Waals surface area contributed by atoms with E-state index >= 15 is 0 Å². The molecule has 0 aliphatic carbocycles. The number of hydrogen-bond acceptors (Lipinski definition) is 2. The molecule has 84 valence electrons. The van der Waals surface area contributed by atoms with E-state index in [1.54, 1.807) is 0 Å².